The highest BCUT2D eigenvalue weighted by Crippen LogP contribution is 2.37. The van der Waals surface area contributed by atoms with E-state index in [0.29, 0.717) is 17.0 Å². The average Bonchev–Trinajstić information content (AvgIpc) is 2.86. The average molecular weight is 626 g/mol. The molecule has 13 heteroatoms. The van der Waals surface area contributed by atoms with Crippen molar-refractivity contribution >= 4 is 34.1 Å². The number of carboxylic acid groups (broad SMARTS) is 1. The molecule has 1 heterocycles. The number of aromatic hydroxyl groups is 1. The zero-order valence-corrected chi connectivity index (χ0v) is 25.8. The predicted octanol–water partition coefficient (Wildman–Crippen LogP) is 6.41. The summed E-state index contributed by atoms with van der Waals surface area (Å²) in [5, 5.41) is 20.1. The lowest BCUT2D eigenvalue weighted by molar-refractivity contribution is -0.138. The number of carboxylic acids is 1. The summed E-state index contributed by atoms with van der Waals surface area (Å²) >= 11 is -0.751. The van der Waals surface area contributed by atoms with Crippen LogP contribution in [0.1, 0.15) is 74.7 Å². The quantitative estimate of drug-likeness (QED) is 0.247. The Morgan fingerprint density at radius 3 is 2.23 bits per heavy atom. The number of rotatable bonds is 8. The monoisotopic (exact) mass is 625 g/mol. The lowest BCUT2D eigenvalue weighted by atomic mass is 10.0. The summed E-state index contributed by atoms with van der Waals surface area (Å²) in [7, 11) is 0. The number of ether oxygens (including phenoxy) is 1. The van der Waals surface area contributed by atoms with Crippen LogP contribution in [0.5, 0.6) is 5.75 Å². The molecule has 0 bridgehead atoms. The number of aromatic nitrogens is 1. The molecule has 3 rings (SSSR count). The number of pyridine rings is 1. The molecule has 0 aliphatic carbocycles. The van der Waals surface area contributed by atoms with Crippen molar-refractivity contribution in [3.8, 4) is 5.75 Å². The minimum atomic E-state index is -4.91. The van der Waals surface area contributed by atoms with Crippen molar-refractivity contribution in [2.45, 2.75) is 70.7 Å². The van der Waals surface area contributed by atoms with Crippen molar-refractivity contribution in [3.63, 3.8) is 0 Å². The minimum Gasteiger partial charge on any atom is -0.506 e. The number of hydrogen-bond donors (Lipinski definition) is 3. The van der Waals surface area contributed by atoms with Gasteiger partial charge in [-0.3, -0.25) is 4.79 Å². The van der Waals surface area contributed by atoms with E-state index in [1.165, 1.54) is 18.2 Å². The first-order valence-corrected chi connectivity index (χ1v) is 14.8. The molecule has 0 radical (unpaired) electrons. The van der Waals surface area contributed by atoms with Gasteiger partial charge in [0.05, 0.1) is 23.2 Å². The fourth-order valence-corrected chi connectivity index (χ4v) is 4.89. The van der Waals surface area contributed by atoms with Crippen molar-refractivity contribution in [2.24, 2.45) is 0 Å². The predicted molar refractivity (Wildman–Crippen MR) is 158 cm³/mol. The molecular weight excluding hydrogens is 589 g/mol. The number of nitrogens with zero attached hydrogens (tertiary/aromatic N) is 1. The maximum atomic E-state index is 14.1. The Kier molecular flexibility index (Phi) is 9.81. The maximum absolute atomic E-state index is 14.1. The van der Waals surface area contributed by atoms with Crippen molar-refractivity contribution in [3.05, 3.63) is 75.1 Å². The summed E-state index contributed by atoms with van der Waals surface area (Å²) in [6, 6.07) is 8.29. The van der Waals surface area contributed by atoms with Gasteiger partial charge in [-0.25, -0.2) is 9.59 Å². The maximum Gasteiger partial charge on any atom is 0.416 e. The number of aromatic carboxylic acids is 1. The van der Waals surface area contributed by atoms with Crippen LogP contribution < -0.4 is 5.56 Å². The van der Waals surface area contributed by atoms with Gasteiger partial charge in [-0.15, -0.1) is 0 Å². The number of H-pyrrole nitrogens is 1. The highest BCUT2D eigenvalue weighted by Gasteiger charge is 2.39. The van der Waals surface area contributed by atoms with Crippen molar-refractivity contribution in [1.29, 1.82) is 0 Å². The Bertz CT molecular complexity index is 1560. The Morgan fingerprint density at radius 2 is 1.67 bits per heavy atom. The summed E-state index contributed by atoms with van der Waals surface area (Å²) in [6.07, 6.45) is -4.92. The number of phenolic OH excluding ortho intramolecular Hbond substituents is 1. The molecule has 1 amide bonds. The fourth-order valence-electron chi connectivity index (χ4n) is 4.09. The second-order valence-corrected chi connectivity index (χ2v) is 14.3. The molecule has 0 aliphatic rings. The third-order valence-electron chi connectivity index (χ3n) is 6.44. The van der Waals surface area contributed by atoms with Crippen molar-refractivity contribution in [1.82, 2.24) is 9.88 Å². The van der Waals surface area contributed by atoms with Gasteiger partial charge in [-0.05, 0) is 76.9 Å². The van der Waals surface area contributed by atoms with Gasteiger partial charge < -0.3 is 24.8 Å². The first-order chi connectivity index (χ1) is 19.7. The largest absolute Gasteiger partial charge is 0.506 e. The van der Waals surface area contributed by atoms with Gasteiger partial charge in [-0.1, -0.05) is 12.1 Å². The van der Waals surface area contributed by atoms with Gasteiger partial charge >= 0.3 is 18.2 Å². The first-order valence-electron chi connectivity index (χ1n) is 13.3. The summed E-state index contributed by atoms with van der Waals surface area (Å²) < 4.78 is 53.9. The third kappa shape index (κ3) is 8.66. The number of aromatic amines is 1. The Labute approximate surface area is 250 Å². The van der Waals surface area contributed by atoms with Gasteiger partial charge in [0.25, 0.3) is 0 Å². The van der Waals surface area contributed by atoms with Gasteiger partial charge in [-0.2, -0.15) is 17.4 Å². The van der Waals surface area contributed by atoms with E-state index in [0.717, 1.165) is 17.0 Å². The number of carbonyl (C=O) groups excluding carboxylic acids is 1. The molecule has 234 valence electrons. The van der Waals surface area contributed by atoms with Gasteiger partial charge in [0.1, 0.15) is 28.8 Å². The van der Waals surface area contributed by atoms with Crippen LogP contribution in [0.2, 0.25) is 0 Å². The highest BCUT2D eigenvalue weighted by molar-refractivity contribution is 7.93. The van der Waals surface area contributed by atoms with Crippen LogP contribution >= 0.6 is 0 Å². The molecule has 2 aromatic carbocycles. The molecule has 3 N–H and O–H groups in total. The van der Waals surface area contributed by atoms with E-state index in [1.807, 2.05) is 27.0 Å². The SMILES string of the molecule is C[S+](O[C@@H](CN(Cc1ccc(C(=O)O)cc1C(F)(F)F)C(=O)OC(C)(C)C)c1ccc(O)c2[nH]c(=O)ccc12)C(C)(C)C. The zero-order chi connectivity index (χ0) is 32.5. The number of nitrogens with one attached hydrogen (secondary N) is 1. The highest BCUT2D eigenvalue weighted by atomic mass is 32.2. The van der Waals surface area contributed by atoms with E-state index in [-0.39, 0.29) is 28.1 Å². The molecule has 0 spiro atoms. The molecule has 1 aromatic heterocycles. The summed E-state index contributed by atoms with van der Waals surface area (Å²) in [5.74, 6) is -1.72. The normalized spacial score (nSPS) is 13.9. The minimum absolute atomic E-state index is 0.137. The van der Waals surface area contributed by atoms with Crippen LogP contribution in [0, 0.1) is 0 Å². The Balaban J connectivity index is 2.19. The number of fused-ring (bicyclic) bond motifs is 1. The van der Waals surface area contributed by atoms with E-state index >= 15 is 0 Å². The van der Waals surface area contributed by atoms with Crippen LogP contribution in [0.3, 0.4) is 0 Å². The lowest BCUT2D eigenvalue weighted by Crippen LogP contribution is -2.41. The molecular formula is C30H36F3N2O7S+. The van der Waals surface area contributed by atoms with Crippen LogP contribution in [0.25, 0.3) is 10.9 Å². The van der Waals surface area contributed by atoms with E-state index in [9.17, 15) is 37.8 Å². The molecule has 0 saturated carbocycles. The first kappa shape index (κ1) is 33.8. The fraction of sp³-hybridized carbons (Fsp3) is 0.433. The molecule has 43 heavy (non-hydrogen) atoms. The zero-order valence-electron chi connectivity index (χ0n) is 25.0. The van der Waals surface area contributed by atoms with E-state index in [1.54, 1.807) is 26.8 Å². The number of phenols is 1. The smallest absolute Gasteiger partial charge is 0.416 e. The number of amides is 1. The standard InChI is InChI=1S/C30H35F3N2O7S/c1-28(2,3)41-27(40)35(15-18-9-8-17(26(38)39)14-21(18)30(31,32)33)16-23(42-43(7)29(4,5)6)19-10-12-22(36)25-20(19)11-13-24(37)34-25/h8-14,23H,15-16H2,1-7H3,(H2-,34,36,37,38,39)/p+1/t23-,43?/m0/s1. The number of benzene rings is 2. The lowest BCUT2D eigenvalue weighted by Gasteiger charge is -2.31. The van der Waals surface area contributed by atoms with Crippen molar-refractivity contribution < 1.29 is 41.9 Å². The van der Waals surface area contributed by atoms with Gasteiger partial charge in [0, 0.05) is 18.0 Å². The molecule has 0 saturated heterocycles. The van der Waals surface area contributed by atoms with E-state index < -0.39 is 64.4 Å². The molecule has 3 aromatic rings. The number of alkyl halides is 3. The van der Waals surface area contributed by atoms with Crippen LogP contribution in [0.15, 0.2) is 47.3 Å². The molecule has 0 fully saturated rings. The molecule has 0 aliphatic heterocycles. The number of halogens is 3. The second kappa shape index (κ2) is 12.5. The second-order valence-electron chi connectivity index (χ2n) is 12.0. The van der Waals surface area contributed by atoms with Crippen LogP contribution in [0.4, 0.5) is 18.0 Å². The van der Waals surface area contributed by atoms with E-state index in [4.69, 9.17) is 8.92 Å². The summed E-state index contributed by atoms with van der Waals surface area (Å²) in [6.45, 7) is 9.84. The third-order valence-corrected chi connectivity index (χ3v) is 8.68. The molecule has 2 atom stereocenters. The topological polar surface area (TPSA) is 129 Å². The molecule has 9 nitrogen and oxygen atoms in total. The number of hydrogen-bond acceptors (Lipinski definition) is 6. The Morgan fingerprint density at radius 1 is 1.02 bits per heavy atom. The van der Waals surface area contributed by atoms with Crippen molar-refractivity contribution in [2.75, 3.05) is 12.8 Å². The molecule has 1 unspecified atom stereocenters. The summed E-state index contributed by atoms with van der Waals surface area (Å²) in [5.41, 5.74) is -2.93. The van der Waals surface area contributed by atoms with Gasteiger partial charge in [0.2, 0.25) is 5.56 Å². The van der Waals surface area contributed by atoms with Gasteiger partial charge in [0.15, 0.2) is 10.9 Å². The number of carbonyl (C=O) groups is 2. The van der Waals surface area contributed by atoms with Crippen LogP contribution in [-0.2, 0) is 32.8 Å². The Hall–Kier alpha value is -3.71. The van der Waals surface area contributed by atoms with E-state index in [2.05, 4.69) is 4.98 Å². The van der Waals surface area contributed by atoms with Crippen LogP contribution in [-0.4, -0.2) is 55.3 Å². The summed E-state index contributed by atoms with van der Waals surface area (Å²) in [4.78, 5) is 40.6.